The van der Waals surface area contributed by atoms with Crippen LogP contribution in [0.25, 0.3) is 17.0 Å². The summed E-state index contributed by atoms with van der Waals surface area (Å²) in [6.45, 7) is 1.72. The number of hydrogen-bond acceptors (Lipinski definition) is 4. The predicted octanol–water partition coefficient (Wildman–Crippen LogP) is 4.80. The van der Waals surface area contributed by atoms with Crippen molar-refractivity contribution >= 4 is 34.5 Å². The molecule has 5 rings (SSSR count). The van der Waals surface area contributed by atoms with Crippen LogP contribution in [0.15, 0.2) is 61.1 Å². The van der Waals surface area contributed by atoms with E-state index in [0.717, 1.165) is 54.0 Å². The van der Waals surface area contributed by atoms with Crippen LogP contribution >= 0.6 is 11.6 Å². The molecule has 2 heterocycles. The first-order valence-corrected chi connectivity index (χ1v) is 11.7. The average Bonchev–Trinajstić information content (AvgIpc) is 3.59. The van der Waals surface area contributed by atoms with E-state index in [1.807, 2.05) is 30.6 Å². The minimum absolute atomic E-state index is 0.309. The van der Waals surface area contributed by atoms with Crippen molar-refractivity contribution in [3.05, 3.63) is 93.9 Å². The lowest BCUT2D eigenvalue weighted by Gasteiger charge is -2.29. The summed E-state index contributed by atoms with van der Waals surface area (Å²) in [6, 6.07) is 12.6. The number of halogens is 1. The van der Waals surface area contributed by atoms with Crippen molar-refractivity contribution in [2.75, 3.05) is 6.54 Å². The number of carbonyl (C=O) groups is 1. The van der Waals surface area contributed by atoms with E-state index in [1.165, 1.54) is 28.2 Å². The molecule has 34 heavy (non-hydrogen) atoms. The number of nitrogens with zero attached hydrogens (tertiary/aromatic N) is 2. The summed E-state index contributed by atoms with van der Waals surface area (Å²) in [6.07, 6.45) is 11.9. The number of rotatable bonds is 8. The Labute approximate surface area is 202 Å². The van der Waals surface area contributed by atoms with E-state index in [4.69, 9.17) is 16.8 Å². The van der Waals surface area contributed by atoms with Gasteiger partial charge in [-0.1, -0.05) is 35.9 Å². The molecule has 2 aromatic heterocycles. The average molecular weight is 476 g/mol. The smallest absolute Gasteiger partial charge is 0.267 e. The fourth-order valence-corrected chi connectivity index (χ4v) is 5.05. The molecule has 0 fully saturated rings. The second kappa shape index (κ2) is 9.85. The van der Waals surface area contributed by atoms with Gasteiger partial charge in [-0.15, -0.1) is 0 Å². The van der Waals surface area contributed by atoms with Gasteiger partial charge in [-0.2, -0.15) is 5.10 Å². The SMILES string of the molecule is O=C(/C=C/c1ccc2c(c1)CCC2N(CCc1c[nH]c2cc(Cl)ccc12)Cc1cn[nH]c1)NO. The minimum atomic E-state index is -0.538. The van der Waals surface area contributed by atoms with E-state index in [1.54, 1.807) is 11.6 Å². The number of carbonyl (C=O) groups excluding carboxylic acids is 1. The molecular formula is C26H26ClN5O2. The Balaban J connectivity index is 1.37. The topological polar surface area (TPSA) is 97.0 Å². The zero-order valence-corrected chi connectivity index (χ0v) is 19.3. The zero-order chi connectivity index (χ0) is 23.5. The summed E-state index contributed by atoms with van der Waals surface area (Å²) >= 11 is 6.15. The Morgan fingerprint density at radius 1 is 1.26 bits per heavy atom. The number of hydrogen-bond donors (Lipinski definition) is 4. The molecular weight excluding hydrogens is 450 g/mol. The van der Waals surface area contributed by atoms with Crippen molar-refractivity contribution in [1.29, 1.82) is 0 Å². The van der Waals surface area contributed by atoms with Gasteiger partial charge in [0.2, 0.25) is 0 Å². The third kappa shape index (κ3) is 4.77. The number of H-pyrrole nitrogens is 2. The van der Waals surface area contributed by atoms with Crippen molar-refractivity contribution in [1.82, 2.24) is 25.6 Å². The van der Waals surface area contributed by atoms with Crippen LogP contribution in [0.1, 0.15) is 40.3 Å². The van der Waals surface area contributed by atoms with Crippen LogP contribution in [0.3, 0.4) is 0 Å². The number of benzene rings is 2. The number of nitrogens with one attached hydrogen (secondary N) is 3. The molecule has 8 heteroatoms. The van der Waals surface area contributed by atoms with E-state index in [-0.39, 0.29) is 0 Å². The minimum Gasteiger partial charge on any atom is -0.361 e. The van der Waals surface area contributed by atoms with E-state index < -0.39 is 5.91 Å². The van der Waals surface area contributed by atoms with Crippen molar-refractivity contribution in [2.24, 2.45) is 0 Å². The number of aryl methyl sites for hydroxylation is 1. The molecule has 1 unspecified atom stereocenters. The van der Waals surface area contributed by atoms with Crippen LogP contribution in [0, 0.1) is 0 Å². The summed E-state index contributed by atoms with van der Waals surface area (Å²) in [7, 11) is 0. The van der Waals surface area contributed by atoms with Gasteiger partial charge in [-0.05, 0) is 59.7 Å². The summed E-state index contributed by atoms with van der Waals surface area (Å²) in [5, 5.41) is 17.7. The number of hydroxylamine groups is 1. The molecule has 4 aromatic rings. The van der Waals surface area contributed by atoms with Crippen molar-refractivity contribution in [3.63, 3.8) is 0 Å². The normalized spacial score (nSPS) is 15.4. The van der Waals surface area contributed by atoms with Gasteiger partial charge in [0.25, 0.3) is 5.91 Å². The third-order valence-electron chi connectivity index (χ3n) is 6.53. The van der Waals surface area contributed by atoms with Gasteiger partial charge in [-0.25, -0.2) is 5.48 Å². The molecule has 4 N–H and O–H groups in total. The van der Waals surface area contributed by atoms with Crippen LogP contribution in [-0.4, -0.2) is 37.7 Å². The van der Waals surface area contributed by atoms with Gasteiger partial charge in [0.1, 0.15) is 0 Å². The number of amides is 1. The van der Waals surface area contributed by atoms with E-state index in [2.05, 4.69) is 44.5 Å². The fraction of sp³-hybridized carbons (Fsp3) is 0.231. The van der Waals surface area contributed by atoms with Gasteiger partial charge >= 0.3 is 0 Å². The molecule has 7 nitrogen and oxygen atoms in total. The van der Waals surface area contributed by atoms with Crippen molar-refractivity contribution in [3.8, 4) is 0 Å². The summed E-state index contributed by atoms with van der Waals surface area (Å²) in [5.74, 6) is -0.538. The quantitative estimate of drug-likeness (QED) is 0.167. The van der Waals surface area contributed by atoms with Gasteiger partial charge < -0.3 is 4.98 Å². The monoisotopic (exact) mass is 475 g/mol. The molecule has 1 aliphatic rings. The highest BCUT2D eigenvalue weighted by atomic mass is 35.5. The molecule has 0 spiro atoms. The molecule has 0 saturated carbocycles. The molecule has 0 radical (unpaired) electrons. The zero-order valence-electron chi connectivity index (χ0n) is 18.6. The largest absolute Gasteiger partial charge is 0.361 e. The van der Waals surface area contributed by atoms with Crippen molar-refractivity contribution in [2.45, 2.75) is 31.8 Å². The standard InChI is InChI=1S/C26H26ClN5O2/c27-21-4-6-22-20(15-28-24(22)12-21)9-10-32(16-18-13-29-30-14-18)25-7-3-19-11-17(1-5-23(19)25)2-8-26(33)31-34/h1-2,4-6,8,11-15,25,28,34H,3,7,9-10,16H2,(H,29,30)(H,31,33)/b8-2+. The third-order valence-corrected chi connectivity index (χ3v) is 6.76. The lowest BCUT2D eigenvalue weighted by atomic mass is 10.0. The fourth-order valence-electron chi connectivity index (χ4n) is 4.88. The summed E-state index contributed by atoms with van der Waals surface area (Å²) in [4.78, 5) is 17.2. The Morgan fingerprint density at radius 2 is 2.18 bits per heavy atom. The van der Waals surface area contributed by atoms with Gasteiger partial charge in [0.15, 0.2) is 0 Å². The number of fused-ring (bicyclic) bond motifs is 2. The van der Waals surface area contributed by atoms with E-state index in [9.17, 15) is 4.79 Å². The molecule has 0 aliphatic heterocycles. The highest BCUT2D eigenvalue weighted by Crippen LogP contribution is 2.37. The first kappa shape index (κ1) is 22.4. The van der Waals surface area contributed by atoms with Gasteiger partial charge in [0.05, 0.1) is 6.20 Å². The molecule has 1 aliphatic carbocycles. The molecule has 1 atom stereocenters. The lowest BCUT2D eigenvalue weighted by Crippen LogP contribution is -2.29. The number of aromatic nitrogens is 3. The van der Waals surface area contributed by atoms with Crippen LogP contribution in [-0.2, 0) is 24.2 Å². The van der Waals surface area contributed by atoms with Crippen molar-refractivity contribution < 1.29 is 10.0 Å². The Hall–Kier alpha value is -3.39. The van der Waals surface area contributed by atoms with E-state index >= 15 is 0 Å². The Bertz CT molecular complexity index is 1330. The van der Waals surface area contributed by atoms with Crippen LogP contribution in [0.2, 0.25) is 5.02 Å². The highest BCUT2D eigenvalue weighted by molar-refractivity contribution is 6.31. The molecule has 174 valence electrons. The predicted molar refractivity (Wildman–Crippen MR) is 132 cm³/mol. The number of aromatic amines is 2. The second-order valence-corrected chi connectivity index (χ2v) is 9.09. The second-order valence-electron chi connectivity index (χ2n) is 8.65. The summed E-state index contributed by atoms with van der Waals surface area (Å²) < 4.78 is 0. The summed E-state index contributed by atoms with van der Waals surface area (Å²) in [5.41, 5.74) is 8.70. The van der Waals surface area contributed by atoms with Gasteiger partial charge in [-0.3, -0.25) is 20.0 Å². The van der Waals surface area contributed by atoms with E-state index in [0.29, 0.717) is 6.04 Å². The maximum absolute atomic E-state index is 11.3. The van der Waals surface area contributed by atoms with Crippen LogP contribution in [0.5, 0.6) is 0 Å². The highest BCUT2D eigenvalue weighted by Gasteiger charge is 2.28. The Kier molecular flexibility index (Phi) is 6.49. The maximum atomic E-state index is 11.3. The molecule has 2 aromatic carbocycles. The molecule has 0 saturated heterocycles. The molecule has 1 amide bonds. The van der Waals surface area contributed by atoms with Gasteiger partial charge in [0, 0.05) is 59.1 Å². The lowest BCUT2D eigenvalue weighted by molar-refractivity contribution is -0.124. The first-order chi connectivity index (χ1) is 16.6. The Morgan fingerprint density at radius 3 is 3.00 bits per heavy atom. The van der Waals surface area contributed by atoms with Crippen LogP contribution < -0.4 is 5.48 Å². The maximum Gasteiger partial charge on any atom is 0.267 e. The first-order valence-electron chi connectivity index (χ1n) is 11.3. The molecule has 0 bridgehead atoms. The van der Waals surface area contributed by atoms with Crippen LogP contribution in [0.4, 0.5) is 0 Å².